The molecule has 0 saturated carbocycles. The number of rotatable bonds is 5. The van der Waals surface area contributed by atoms with Gasteiger partial charge in [0.25, 0.3) is 0 Å². The van der Waals surface area contributed by atoms with E-state index in [4.69, 9.17) is 9.47 Å². The highest BCUT2D eigenvalue weighted by atomic mass is 19.3. The first-order chi connectivity index (χ1) is 10.6. The molecule has 2 fully saturated rings. The zero-order chi connectivity index (χ0) is 15.7. The van der Waals surface area contributed by atoms with Crippen LogP contribution in [-0.2, 0) is 9.47 Å². The van der Waals surface area contributed by atoms with Gasteiger partial charge in [-0.15, -0.1) is 0 Å². The van der Waals surface area contributed by atoms with Crippen molar-refractivity contribution in [3.63, 3.8) is 0 Å². The minimum atomic E-state index is -2.97. The third-order valence-corrected chi connectivity index (χ3v) is 3.91. The molecule has 2 aliphatic rings. The van der Waals surface area contributed by atoms with Crippen molar-refractivity contribution < 1.29 is 32.5 Å². The van der Waals surface area contributed by atoms with E-state index in [0.717, 1.165) is 12.8 Å². The molecule has 0 aliphatic carbocycles. The monoisotopic (exact) mass is 314 g/mol. The van der Waals surface area contributed by atoms with Gasteiger partial charge in [-0.3, -0.25) is 0 Å². The molecule has 0 N–H and O–H groups in total. The summed E-state index contributed by atoms with van der Waals surface area (Å²) in [5.41, 5.74) is 0.211. The van der Waals surface area contributed by atoms with E-state index in [0.29, 0.717) is 6.42 Å². The molecular formula is C15H16F2O5. The Hall–Kier alpha value is -1.89. The predicted molar refractivity (Wildman–Crippen MR) is 71.3 cm³/mol. The molecule has 0 radical (unpaired) electrons. The highest BCUT2D eigenvalue weighted by Gasteiger charge is 2.42. The van der Waals surface area contributed by atoms with Gasteiger partial charge in [0.15, 0.2) is 11.5 Å². The molecule has 2 heterocycles. The average Bonchev–Trinajstić information content (AvgIpc) is 3.10. The normalized spacial score (nSPS) is 26.3. The van der Waals surface area contributed by atoms with E-state index in [1.165, 1.54) is 25.3 Å². The molecule has 2 saturated heterocycles. The molecule has 22 heavy (non-hydrogen) atoms. The number of esters is 1. The molecule has 0 amide bonds. The number of ether oxygens (including phenoxy) is 4. The zero-order valence-corrected chi connectivity index (χ0v) is 12.0. The maximum atomic E-state index is 12.5. The highest BCUT2D eigenvalue weighted by molar-refractivity contribution is 5.90. The quantitative estimate of drug-likeness (QED) is 0.782. The molecule has 120 valence electrons. The fraction of sp³-hybridized carbons (Fsp3) is 0.533. The topological polar surface area (TPSA) is 54.0 Å². The summed E-state index contributed by atoms with van der Waals surface area (Å²) in [6.45, 7) is -2.97. The van der Waals surface area contributed by atoms with E-state index in [-0.39, 0.29) is 35.4 Å². The first-order valence-electron chi connectivity index (χ1n) is 7.06. The molecule has 2 aliphatic heterocycles. The van der Waals surface area contributed by atoms with E-state index in [1.54, 1.807) is 0 Å². The molecule has 1 aromatic rings. The van der Waals surface area contributed by atoms with E-state index in [1.807, 2.05) is 0 Å². The van der Waals surface area contributed by atoms with Crippen LogP contribution in [0.3, 0.4) is 0 Å². The van der Waals surface area contributed by atoms with Gasteiger partial charge < -0.3 is 18.9 Å². The minimum absolute atomic E-state index is 0.0359. The molecule has 2 bridgehead atoms. The molecule has 7 heteroatoms. The van der Waals surface area contributed by atoms with Crippen molar-refractivity contribution in [2.24, 2.45) is 0 Å². The van der Waals surface area contributed by atoms with Gasteiger partial charge in [-0.1, -0.05) is 0 Å². The van der Waals surface area contributed by atoms with E-state index < -0.39 is 12.6 Å². The van der Waals surface area contributed by atoms with Crippen LogP contribution < -0.4 is 9.47 Å². The predicted octanol–water partition coefficient (Wildman–Crippen LogP) is 2.77. The van der Waals surface area contributed by atoms with Gasteiger partial charge in [0.1, 0.15) is 6.10 Å². The van der Waals surface area contributed by atoms with Gasteiger partial charge in [-0.2, -0.15) is 8.78 Å². The van der Waals surface area contributed by atoms with Crippen LogP contribution in [0, 0.1) is 0 Å². The summed E-state index contributed by atoms with van der Waals surface area (Å²) in [4.78, 5) is 11.6. The number of benzene rings is 1. The van der Waals surface area contributed by atoms with Gasteiger partial charge in [-0.25, -0.2) is 4.79 Å². The molecule has 1 aromatic carbocycles. The summed E-state index contributed by atoms with van der Waals surface area (Å²) in [5, 5.41) is 0. The highest BCUT2D eigenvalue weighted by Crippen LogP contribution is 2.39. The van der Waals surface area contributed by atoms with Crippen molar-refractivity contribution >= 4 is 5.97 Å². The van der Waals surface area contributed by atoms with Crippen molar-refractivity contribution in [1.29, 1.82) is 0 Å². The fourth-order valence-electron chi connectivity index (χ4n) is 2.92. The molecule has 5 nitrogen and oxygen atoms in total. The molecule has 3 rings (SSSR count). The number of alkyl halides is 2. The van der Waals surface area contributed by atoms with Crippen LogP contribution in [0.15, 0.2) is 18.2 Å². The van der Waals surface area contributed by atoms with Crippen molar-refractivity contribution in [3.05, 3.63) is 23.8 Å². The molecule has 3 atom stereocenters. The van der Waals surface area contributed by atoms with Crippen LogP contribution in [0.5, 0.6) is 11.5 Å². The van der Waals surface area contributed by atoms with Crippen LogP contribution >= 0.6 is 0 Å². The number of halogens is 2. The second-order valence-electron chi connectivity index (χ2n) is 5.30. The Kier molecular flexibility index (Phi) is 4.15. The smallest absolute Gasteiger partial charge is 0.387 e. The van der Waals surface area contributed by atoms with Crippen molar-refractivity contribution in [1.82, 2.24) is 0 Å². The number of carbonyl (C=O) groups excluding carboxylic acids is 1. The number of methoxy groups -OCH3 is 1. The molecule has 0 aromatic heterocycles. The Labute approximate surface area is 126 Å². The Morgan fingerprint density at radius 2 is 2.14 bits per heavy atom. The first-order valence-corrected chi connectivity index (χ1v) is 7.06. The summed E-state index contributed by atoms with van der Waals surface area (Å²) < 4.78 is 45.5. The molecular weight excluding hydrogens is 298 g/mol. The lowest BCUT2D eigenvalue weighted by atomic mass is 9.98. The summed E-state index contributed by atoms with van der Waals surface area (Å²) in [6, 6.07) is 3.99. The second-order valence-corrected chi connectivity index (χ2v) is 5.30. The van der Waals surface area contributed by atoms with Crippen molar-refractivity contribution in [2.45, 2.75) is 44.2 Å². The van der Waals surface area contributed by atoms with Crippen molar-refractivity contribution in [2.75, 3.05) is 7.11 Å². The lowest BCUT2D eigenvalue weighted by molar-refractivity contribution is -0.0525. The van der Waals surface area contributed by atoms with E-state index >= 15 is 0 Å². The fourth-order valence-corrected chi connectivity index (χ4v) is 2.92. The van der Waals surface area contributed by atoms with Gasteiger partial charge >= 0.3 is 12.6 Å². The average molecular weight is 314 g/mol. The third kappa shape index (κ3) is 2.99. The molecule has 3 unspecified atom stereocenters. The van der Waals surface area contributed by atoms with Gasteiger partial charge in [0.2, 0.25) is 0 Å². The Morgan fingerprint density at radius 3 is 2.73 bits per heavy atom. The molecule has 0 spiro atoms. The number of hydrogen-bond donors (Lipinski definition) is 0. The number of carbonyl (C=O) groups is 1. The van der Waals surface area contributed by atoms with Gasteiger partial charge in [0.05, 0.1) is 24.9 Å². The lowest BCUT2D eigenvalue weighted by Crippen LogP contribution is -2.28. The Balaban J connectivity index is 1.83. The van der Waals surface area contributed by atoms with Crippen LogP contribution in [0.2, 0.25) is 0 Å². The largest absolute Gasteiger partial charge is 0.484 e. The van der Waals surface area contributed by atoms with E-state index in [9.17, 15) is 13.6 Å². The van der Waals surface area contributed by atoms with Crippen LogP contribution in [0.25, 0.3) is 0 Å². The second kappa shape index (κ2) is 6.08. The minimum Gasteiger partial charge on any atom is -0.484 e. The number of hydrogen-bond acceptors (Lipinski definition) is 5. The van der Waals surface area contributed by atoms with Crippen molar-refractivity contribution in [3.8, 4) is 11.5 Å². The first kappa shape index (κ1) is 15.0. The van der Waals surface area contributed by atoms with E-state index in [2.05, 4.69) is 9.47 Å². The maximum Gasteiger partial charge on any atom is 0.387 e. The Bertz CT molecular complexity index is 563. The zero-order valence-electron chi connectivity index (χ0n) is 12.0. The standard InChI is InChI=1S/C15H16F2O5/c1-19-14(18)8-2-4-11(22-15(16)17)12(6-8)21-13-7-9-3-5-10(13)20-9/h2,4,6,9-10,13,15H,3,5,7H2,1H3. The summed E-state index contributed by atoms with van der Waals surface area (Å²) in [6.07, 6.45) is 2.50. The van der Waals surface area contributed by atoms with Gasteiger partial charge in [-0.05, 0) is 31.0 Å². The summed E-state index contributed by atoms with van der Waals surface area (Å²) >= 11 is 0. The van der Waals surface area contributed by atoms with Gasteiger partial charge in [0, 0.05) is 6.42 Å². The van der Waals surface area contributed by atoms with Crippen LogP contribution in [-0.4, -0.2) is 38.0 Å². The lowest BCUT2D eigenvalue weighted by Gasteiger charge is -2.22. The Morgan fingerprint density at radius 1 is 1.32 bits per heavy atom. The van der Waals surface area contributed by atoms with Crippen LogP contribution in [0.4, 0.5) is 8.78 Å². The summed E-state index contributed by atoms with van der Waals surface area (Å²) in [7, 11) is 1.25. The maximum absolute atomic E-state index is 12.5. The summed E-state index contributed by atoms with van der Waals surface area (Å²) in [5.74, 6) is -0.576. The number of fused-ring (bicyclic) bond motifs is 2. The van der Waals surface area contributed by atoms with Crippen LogP contribution in [0.1, 0.15) is 29.6 Å². The SMILES string of the molecule is COC(=O)c1ccc(OC(F)F)c(OC2CC3CCC2O3)c1. The third-order valence-electron chi connectivity index (χ3n) is 3.91.